The van der Waals surface area contributed by atoms with E-state index < -0.39 is 0 Å². The maximum Gasteiger partial charge on any atom is 0.276 e. The molecule has 0 aromatic heterocycles. The summed E-state index contributed by atoms with van der Waals surface area (Å²) in [7, 11) is 0. The number of carbonyl (C=O) groups excluding carboxylic acids is 1. The molecule has 1 N–H and O–H groups in total. The Morgan fingerprint density at radius 2 is 2.40 bits per heavy atom. The monoisotopic (exact) mass is 156 g/mol. The van der Waals surface area contributed by atoms with E-state index in [1.807, 2.05) is 0 Å². The summed E-state index contributed by atoms with van der Waals surface area (Å²) in [6, 6.07) is 2.16. The fourth-order valence-electron chi connectivity index (χ4n) is 0.724. The average Bonchev–Trinajstić information content (AvgIpc) is 2.64. The molecule has 0 heterocycles. The van der Waals surface area contributed by atoms with Gasteiger partial charge in [-0.25, -0.2) is 0 Å². The Hall–Kier alpha value is -0.690. The highest BCUT2D eigenvalue weighted by atomic mass is 32.1. The summed E-state index contributed by atoms with van der Waals surface area (Å²) < 4.78 is 0. The quantitative estimate of drug-likeness (QED) is 0.584. The van der Waals surface area contributed by atoms with Crippen LogP contribution >= 0.6 is 12.6 Å². The molecule has 3 nitrogen and oxygen atoms in total. The van der Waals surface area contributed by atoms with Crippen LogP contribution in [0.15, 0.2) is 0 Å². The summed E-state index contributed by atoms with van der Waals surface area (Å²) in [5.74, 6) is 0. The molecule has 10 heavy (non-hydrogen) atoms. The molecule has 1 saturated carbocycles. The smallest absolute Gasteiger partial charge is 0.276 e. The number of hydrogen-bond acceptors (Lipinski definition) is 2. The normalized spacial score (nSPS) is 19.2. The van der Waals surface area contributed by atoms with Gasteiger partial charge >= 0.3 is 0 Å². The number of nitriles is 1. The van der Waals surface area contributed by atoms with Crippen molar-refractivity contribution in [3.05, 3.63) is 0 Å². The predicted molar refractivity (Wildman–Crippen MR) is 39.7 cm³/mol. The maximum absolute atomic E-state index is 10.3. The molecule has 0 radical (unpaired) electrons. The molecular weight excluding hydrogens is 148 g/mol. The summed E-state index contributed by atoms with van der Waals surface area (Å²) in [4.78, 5) is 10.3. The van der Waals surface area contributed by atoms with Gasteiger partial charge in [0.15, 0.2) is 0 Å². The minimum atomic E-state index is -0.360. The molecule has 0 atom stereocenters. The van der Waals surface area contributed by atoms with Crippen LogP contribution in [-0.2, 0) is 0 Å². The zero-order valence-electron chi connectivity index (χ0n) is 5.42. The molecule has 0 bridgehead atoms. The standard InChI is InChI=1S/C6H8N2OS/c7-3-6(1-2-6)4-8-5(9)10/h1-2,4H2,(H2,8,9,10). The first-order chi connectivity index (χ1) is 4.68. The largest absolute Gasteiger partial charge is 0.346 e. The molecule has 1 aliphatic rings. The molecule has 1 amide bonds. The Labute approximate surface area is 64.8 Å². The zero-order valence-corrected chi connectivity index (χ0v) is 6.32. The Morgan fingerprint density at radius 1 is 1.80 bits per heavy atom. The fraction of sp³-hybridized carbons (Fsp3) is 0.667. The average molecular weight is 156 g/mol. The van der Waals surface area contributed by atoms with Crippen LogP contribution in [0.5, 0.6) is 0 Å². The van der Waals surface area contributed by atoms with E-state index in [4.69, 9.17) is 5.26 Å². The summed E-state index contributed by atoms with van der Waals surface area (Å²) in [6.07, 6.45) is 1.80. The van der Waals surface area contributed by atoms with Gasteiger partial charge in [0.25, 0.3) is 5.24 Å². The van der Waals surface area contributed by atoms with Gasteiger partial charge < -0.3 is 5.32 Å². The van der Waals surface area contributed by atoms with Crippen LogP contribution in [0.3, 0.4) is 0 Å². The van der Waals surface area contributed by atoms with Gasteiger partial charge in [0.05, 0.1) is 11.5 Å². The minimum absolute atomic E-state index is 0.252. The van der Waals surface area contributed by atoms with E-state index >= 15 is 0 Å². The van der Waals surface area contributed by atoms with E-state index in [-0.39, 0.29) is 10.7 Å². The van der Waals surface area contributed by atoms with Crippen molar-refractivity contribution < 1.29 is 4.79 Å². The second-order valence-electron chi connectivity index (χ2n) is 2.55. The van der Waals surface area contributed by atoms with Crippen molar-refractivity contribution in [1.82, 2.24) is 5.32 Å². The maximum atomic E-state index is 10.3. The number of nitrogens with one attached hydrogen (secondary N) is 1. The third-order valence-corrected chi connectivity index (χ3v) is 1.83. The molecule has 54 valence electrons. The van der Waals surface area contributed by atoms with E-state index in [2.05, 4.69) is 24.0 Å². The van der Waals surface area contributed by atoms with Crippen molar-refractivity contribution in [2.24, 2.45) is 5.41 Å². The van der Waals surface area contributed by atoms with Crippen LogP contribution in [0.25, 0.3) is 0 Å². The summed E-state index contributed by atoms with van der Waals surface area (Å²) >= 11 is 3.52. The molecule has 4 heteroatoms. The highest BCUT2D eigenvalue weighted by Crippen LogP contribution is 2.43. The zero-order chi connectivity index (χ0) is 7.61. The molecule has 0 aromatic carbocycles. The molecule has 1 fully saturated rings. The SMILES string of the molecule is N#CC1(CNC(=O)S)CC1. The molecule has 0 unspecified atom stereocenters. The molecular formula is C6H8N2OS. The van der Waals surface area contributed by atoms with Gasteiger partial charge in [-0.2, -0.15) is 5.26 Å². The first-order valence-corrected chi connectivity index (χ1v) is 3.51. The lowest BCUT2D eigenvalue weighted by molar-refractivity contribution is 0.260. The van der Waals surface area contributed by atoms with Crippen LogP contribution in [0.1, 0.15) is 12.8 Å². The van der Waals surface area contributed by atoms with Crippen LogP contribution in [-0.4, -0.2) is 11.8 Å². The van der Waals surface area contributed by atoms with Gasteiger partial charge in [-0.1, -0.05) is 12.6 Å². The molecule has 0 aliphatic heterocycles. The highest BCUT2D eigenvalue weighted by Gasteiger charge is 2.43. The van der Waals surface area contributed by atoms with Crippen LogP contribution < -0.4 is 5.32 Å². The van der Waals surface area contributed by atoms with E-state index in [0.717, 1.165) is 12.8 Å². The third kappa shape index (κ3) is 1.64. The topological polar surface area (TPSA) is 52.9 Å². The Kier molecular flexibility index (Phi) is 1.86. The third-order valence-electron chi connectivity index (χ3n) is 1.67. The van der Waals surface area contributed by atoms with Crippen molar-refractivity contribution in [1.29, 1.82) is 5.26 Å². The number of amides is 1. The summed E-state index contributed by atoms with van der Waals surface area (Å²) in [5.41, 5.74) is -0.252. The lowest BCUT2D eigenvalue weighted by Gasteiger charge is -2.03. The molecule has 0 saturated heterocycles. The van der Waals surface area contributed by atoms with Crippen LogP contribution in [0.4, 0.5) is 4.79 Å². The molecule has 0 aromatic rings. The number of carbonyl (C=O) groups is 1. The van der Waals surface area contributed by atoms with E-state index in [0.29, 0.717) is 6.54 Å². The van der Waals surface area contributed by atoms with Gasteiger partial charge in [0.1, 0.15) is 0 Å². The fourth-order valence-corrected chi connectivity index (χ4v) is 0.803. The summed E-state index contributed by atoms with van der Waals surface area (Å²) in [6.45, 7) is 0.450. The van der Waals surface area contributed by atoms with Crippen molar-refractivity contribution >= 4 is 17.9 Å². The first-order valence-electron chi connectivity index (χ1n) is 3.07. The van der Waals surface area contributed by atoms with Crippen molar-refractivity contribution in [3.63, 3.8) is 0 Å². The van der Waals surface area contributed by atoms with E-state index in [1.54, 1.807) is 0 Å². The van der Waals surface area contributed by atoms with E-state index in [9.17, 15) is 4.79 Å². The lowest BCUT2D eigenvalue weighted by Crippen LogP contribution is -2.24. The highest BCUT2D eigenvalue weighted by molar-refractivity contribution is 7.96. The molecule has 0 spiro atoms. The predicted octanol–water partition coefficient (Wildman–Crippen LogP) is 0.930. The second-order valence-corrected chi connectivity index (χ2v) is 2.96. The van der Waals surface area contributed by atoms with Crippen LogP contribution in [0.2, 0.25) is 0 Å². The Bertz CT molecular complexity index is 192. The number of nitrogens with zero attached hydrogens (tertiary/aromatic N) is 1. The van der Waals surface area contributed by atoms with Gasteiger partial charge in [-0.3, -0.25) is 4.79 Å². The van der Waals surface area contributed by atoms with Crippen LogP contribution in [0, 0.1) is 16.7 Å². The van der Waals surface area contributed by atoms with Gasteiger partial charge in [-0.15, -0.1) is 0 Å². The Morgan fingerprint density at radius 3 is 2.70 bits per heavy atom. The second kappa shape index (κ2) is 2.51. The molecule has 1 rings (SSSR count). The van der Waals surface area contributed by atoms with Gasteiger partial charge in [0.2, 0.25) is 0 Å². The number of rotatable bonds is 2. The lowest BCUT2D eigenvalue weighted by atomic mass is 10.1. The van der Waals surface area contributed by atoms with Crippen molar-refractivity contribution in [2.75, 3.05) is 6.54 Å². The Balaban J connectivity index is 2.27. The summed E-state index contributed by atoms with van der Waals surface area (Å²) in [5, 5.41) is 10.7. The van der Waals surface area contributed by atoms with Gasteiger partial charge in [0, 0.05) is 6.54 Å². The molecule has 1 aliphatic carbocycles. The van der Waals surface area contributed by atoms with Crippen molar-refractivity contribution in [3.8, 4) is 6.07 Å². The van der Waals surface area contributed by atoms with Crippen molar-refractivity contribution in [2.45, 2.75) is 12.8 Å². The van der Waals surface area contributed by atoms with Gasteiger partial charge in [-0.05, 0) is 12.8 Å². The van der Waals surface area contributed by atoms with E-state index in [1.165, 1.54) is 0 Å². The first kappa shape index (κ1) is 7.42. The number of hydrogen-bond donors (Lipinski definition) is 2. The minimum Gasteiger partial charge on any atom is -0.346 e. The number of thiol groups is 1.